The van der Waals surface area contributed by atoms with Crippen LogP contribution in [-0.4, -0.2) is 36.3 Å². The Kier molecular flexibility index (Phi) is 5.69. The van der Waals surface area contributed by atoms with Crippen LogP contribution in [0, 0.1) is 5.92 Å². The maximum absolute atomic E-state index is 11.4. The largest absolute Gasteiger partial charge is 0.496 e. The number of carboxylic acid groups (broad SMARTS) is 1. The highest BCUT2D eigenvalue weighted by molar-refractivity contribution is 5.94. The number of rotatable bonds is 5. The van der Waals surface area contributed by atoms with Crippen molar-refractivity contribution in [2.24, 2.45) is 5.92 Å². The van der Waals surface area contributed by atoms with Gasteiger partial charge in [-0.1, -0.05) is 60.7 Å². The van der Waals surface area contributed by atoms with E-state index in [2.05, 4.69) is 47.4 Å². The van der Waals surface area contributed by atoms with Crippen LogP contribution in [0.3, 0.4) is 0 Å². The van der Waals surface area contributed by atoms with E-state index in [9.17, 15) is 9.90 Å². The van der Waals surface area contributed by atoms with Crippen LogP contribution in [0.4, 0.5) is 5.69 Å². The molecule has 0 bridgehead atoms. The van der Waals surface area contributed by atoms with E-state index >= 15 is 0 Å². The molecular weight excluding hydrogens is 412 g/mol. The molecule has 1 saturated heterocycles. The lowest BCUT2D eigenvalue weighted by molar-refractivity contribution is -0.142. The normalized spacial score (nSPS) is 14.4. The zero-order valence-electron chi connectivity index (χ0n) is 18.6. The predicted octanol–water partition coefficient (Wildman–Crippen LogP) is 5.88. The lowest BCUT2D eigenvalue weighted by Gasteiger charge is -2.33. The molecule has 4 aromatic rings. The first-order valence-electron chi connectivity index (χ1n) is 11.3. The summed E-state index contributed by atoms with van der Waals surface area (Å²) < 4.78 is 5.51. The Hall–Kier alpha value is -3.86. The zero-order valence-corrected chi connectivity index (χ0v) is 18.6. The molecule has 166 valence electrons. The minimum atomic E-state index is -0.690. The van der Waals surface area contributed by atoms with Gasteiger partial charge in [-0.3, -0.25) is 4.79 Å². The van der Waals surface area contributed by atoms with Crippen molar-refractivity contribution in [3.63, 3.8) is 0 Å². The van der Waals surface area contributed by atoms with E-state index in [0.29, 0.717) is 12.8 Å². The average molecular weight is 439 g/mol. The number of piperidine rings is 1. The minimum Gasteiger partial charge on any atom is -0.496 e. The monoisotopic (exact) mass is 438 g/mol. The third-order valence-electron chi connectivity index (χ3n) is 6.48. The molecule has 1 aliphatic heterocycles. The van der Waals surface area contributed by atoms with E-state index in [4.69, 9.17) is 9.72 Å². The molecule has 0 saturated carbocycles. The van der Waals surface area contributed by atoms with Gasteiger partial charge in [0, 0.05) is 35.3 Å². The summed E-state index contributed by atoms with van der Waals surface area (Å²) in [6, 6.07) is 26.7. The number of methoxy groups -OCH3 is 1. The quantitative estimate of drug-likeness (QED) is 0.422. The smallest absolute Gasteiger partial charge is 0.306 e. The van der Waals surface area contributed by atoms with E-state index in [-0.39, 0.29) is 5.92 Å². The summed E-state index contributed by atoms with van der Waals surface area (Å²) in [5.41, 5.74) is 6.16. The molecule has 2 heterocycles. The number of aliphatic carboxylic acids is 1. The number of hydrogen-bond acceptors (Lipinski definition) is 4. The highest BCUT2D eigenvalue weighted by Gasteiger charge is 2.25. The molecule has 0 spiro atoms. The van der Waals surface area contributed by atoms with Crippen LogP contribution in [0.2, 0.25) is 0 Å². The fourth-order valence-corrected chi connectivity index (χ4v) is 4.64. The van der Waals surface area contributed by atoms with Crippen LogP contribution < -0.4 is 9.64 Å². The highest BCUT2D eigenvalue weighted by Crippen LogP contribution is 2.35. The van der Waals surface area contributed by atoms with Crippen LogP contribution in [0.15, 0.2) is 78.9 Å². The number of para-hydroxylation sites is 2. The minimum absolute atomic E-state index is 0.253. The number of carbonyl (C=O) groups is 1. The number of anilines is 1. The van der Waals surface area contributed by atoms with Crippen molar-refractivity contribution in [2.45, 2.75) is 12.8 Å². The molecule has 0 atom stereocenters. The number of ether oxygens (including phenoxy) is 1. The Bertz CT molecular complexity index is 1290. The fourth-order valence-electron chi connectivity index (χ4n) is 4.64. The molecule has 0 amide bonds. The standard InChI is InChI=1S/C28H26N2O3/c1-33-27-9-5-3-6-22(27)19-10-12-20(13-11-19)25-18-26(23-7-2-4-8-24(23)29-25)30-16-14-21(15-17-30)28(31)32/h2-13,18,21H,14-17H2,1H3,(H,31,32). The number of pyridine rings is 1. The molecular formula is C28H26N2O3. The van der Waals surface area contributed by atoms with Crippen LogP contribution in [0.25, 0.3) is 33.3 Å². The number of nitrogens with zero attached hydrogens (tertiary/aromatic N) is 2. The maximum Gasteiger partial charge on any atom is 0.306 e. The van der Waals surface area contributed by atoms with Crippen LogP contribution in [-0.2, 0) is 4.79 Å². The van der Waals surface area contributed by atoms with Crippen LogP contribution in [0.5, 0.6) is 5.75 Å². The van der Waals surface area contributed by atoms with Crippen molar-refractivity contribution >= 4 is 22.6 Å². The SMILES string of the molecule is COc1ccccc1-c1ccc(-c2cc(N3CCC(C(=O)O)CC3)c3ccccc3n2)cc1. The van der Waals surface area contributed by atoms with Crippen molar-refractivity contribution < 1.29 is 14.6 Å². The zero-order chi connectivity index (χ0) is 22.8. The van der Waals surface area contributed by atoms with E-state index in [1.165, 1.54) is 0 Å². The number of aromatic nitrogens is 1. The molecule has 1 aromatic heterocycles. The molecule has 1 fully saturated rings. The molecule has 33 heavy (non-hydrogen) atoms. The third-order valence-corrected chi connectivity index (χ3v) is 6.48. The lowest BCUT2D eigenvalue weighted by atomic mass is 9.96. The topological polar surface area (TPSA) is 62.7 Å². The number of carboxylic acids is 1. The summed E-state index contributed by atoms with van der Waals surface area (Å²) in [5.74, 6) is -0.0949. The summed E-state index contributed by atoms with van der Waals surface area (Å²) in [5, 5.41) is 10.5. The van der Waals surface area contributed by atoms with E-state index < -0.39 is 5.97 Å². The molecule has 0 unspecified atom stereocenters. The van der Waals surface area contributed by atoms with Gasteiger partial charge in [-0.2, -0.15) is 0 Å². The van der Waals surface area contributed by atoms with Crippen molar-refractivity contribution in [3.05, 3.63) is 78.9 Å². The van der Waals surface area contributed by atoms with E-state index in [1.54, 1.807) is 7.11 Å². The summed E-state index contributed by atoms with van der Waals surface area (Å²) in [7, 11) is 1.69. The summed E-state index contributed by atoms with van der Waals surface area (Å²) >= 11 is 0. The Morgan fingerprint density at radius 3 is 2.33 bits per heavy atom. The van der Waals surface area contributed by atoms with Gasteiger partial charge in [0.1, 0.15) is 5.75 Å². The van der Waals surface area contributed by atoms with Crippen molar-refractivity contribution in [1.82, 2.24) is 4.98 Å². The third kappa shape index (κ3) is 4.14. The van der Waals surface area contributed by atoms with Gasteiger partial charge in [-0.15, -0.1) is 0 Å². The second-order valence-corrected chi connectivity index (χ2v) is 8.42. The second kappa shape index (κ2) is 8.94. The molecule has 5 heteroatoms. The molecule has 1 aliphatic rings. The maximum atomic E-state index is 11.4. The fraction of sp³-hybridized carbons (Fsp3) is 0.214. The summed E-state index contributed by atoms with van der Waals surface area (Å²) in [4.78, 5) is 18.6. The molecule has 1 N–H and O–H groups in total. The average Bonchev–Trinajstić information content (AvgIpc) is 2.88. The molecule has 5 rings (SSSR count). The number of benzene rings is 3. The molecule has 3 aromatic carbocycles. The van der Waals surface area contributed by atoms with Gasteiger partial charge in [-0.25, -0.2) is 4.98 Å². The van der Waals surface area contributed by atoms with Gasteiger partial charge in [0.25, 0.3) is 0 Å². The number of hydrogen-bond donors (Lipinski definition) is 1. The second-order valence-electron chi connectivity index (χ2n) is 8.42. The van der Waals surface area contributed by atoms with Gasteiger partial charge < -0.3 is 14.7 Å². The first-order chi connectivity index (χ1) is 16.1. The molecule has 0 aliphatic carbocycles. The van der Waals surface area contributed by atoms with E-state index in [1.807, 2.05) is 36.4 Å². The number of fused-ring (bicyclic) bond motifs is 1. The molecule has 5 nitrogen and oxygen atoms in total. The summed E-state index contributed by atoms with van der Waals surface area (Å²) in [6.07, 6.45) is 1.32. The van der Waals surface area contributed by atoms with Crippen LogP contribution in [0.1, 0.15) is 12.8 Å². The van der Waals surface area contributed by atoms with Crippen molar-refractivity contribution in [3.8, 4) is 28.1 Å². The first kappa shape index (κ1) is 21.0. The predicted molar refractivity (Wildman–Crippen MR) is 132 cm³/mol. The van der Waals surface area contributed by atoms with Crippen LogP contribution >= 0.6 is 0 Å². The highest BCUT2D eigenvalue weighted by atomic mass is 16.5. The van der Waals surface area contributed by atoms with E-state index in [0.717, 1.165) is 57.8 Å². The Balaban J connectivity index is 1.51. The Morgan fingerprint density at radius 1 is 0.939 bits per heavy atom. The lowest BCUT2D eigenvalue weighted by Crippen LogP contribution is -2.36. The van der Waals surface area contributed by atoms with Gasteiger partial charge in [0.15, 0.2) is 0 Å². The van der Waals surface area contributed by atoms with Gasteiger partial charge in [0.05, 0.1) is 24.2 Å². The summed E-state index contributed by atoms with van der Waals surface area (Å²) in [6.45, 7) is 1.47. The van der Waals surface area contributed by atoms with Crippen molar-refractivity contribution in [1.29, 1.82) is 0 Å². The van der Waals surface area contributed by atoms with Gasteiger partial charge in [0.2, 0.25) is 0 Å². The Labute approximate surface area is 193 Å². The van der Waals surface area contributed by atoms with Gasteiger partial charge >= 0.3 is 5.97 Å². The van der Waals surface area contributed by atoms with Crippen molar-refractivity contribution in [2.75, 3.05) is 25.1 Å². The Morgan fingerprint density at radius 2 is 1.61 bits per heavy atom. The molecule has 0 radical (unpaired) electrons. The first-order valence-corrected chi connectivity index (χ1v) is 11.3. The van der Waals surface area contributed by atoms with Gasteiger partial charge in [-0.05, 0) is 36.6 Å².